The van der Waals surface area contributed by atoms with E-state index in [2.05, 4.69) is 27.7 Å². The third kappa shape index (κ3) is 2.78. The lowest BCUT2D eigenvalue weighted by Crippen LogP contribution is -2.36. The molecule has 4 nitrogen and oxygen atoms in total. The van der Waals surface area contributed by atoms with Crippen molar-refractivity contribution in [3.8, 4) is 0 Å². The highest BCUT2D eigenvalue weighted by atomic mass is 16.6. The van der Waals surface area contributed by atoms with Crippen molar-refractivity contribution >= 4 is 11.9 Å². The van der Waals surface area contributed by atoms with Crippen molar-refractivity contribution in [3.05, 3.63) is 0 Å². The summed E-state index contributed by atoms with van der Waals surface area (Å²) >= 11 is 0. The minimum Gasteiger partial charge on any atom is -0.459 e. The van der Waals surface area contributed by atoms with Gasteiger partial charge in [-0.15, -0.1) is 0 Å². The van der Waals surface area contributed by atoms with E-state index in [9.17, 15) is 9.59 Å². The molecule has 0 aromatic carbocycles. The SMILES string of the molecule is CCC(C)(C)C(=O)OCC(=O)OC1C2CCC(C)(C1C)C2(C)C. The summed E-state index contributed by atoms with van der Waals surface area (Å²) in [5.74, 6) is -0.0310. The summed E-state index contributed by atoms with van der Waals surface area (Å²) in [6.45, 7) is 14.4. The molecule has 2 rings (SSSR count). The Hall–Kier alpha value is -1.06. The van der Waals surface area contributed by atoms with Crippen molar-refractivity contribution in [2.75, 3.05) is 6.61 Å². The van der Waals surface area contributed by atoms with Crippen LogP contribution in [0, 0.1) is 28.1 Å². The van der Waals surface area contributed by atoms with Crippen LogP contribution >= 0.6 is 0 Å². The highest BCUT2D eigenvalue weighted by Gasteiger charge is 2.65. The number of rotatable bonds is 5. The average Bonchev–Trinajstić information content (AvgIpc) is 2.78. The van der Waals surface area contributed by atoms with Gasteiger partial charge in [0.1, 0.15) is 6.10 Å². The first kappa shape index (κ1) is 18.3. The Kier molecular flexibility index (Phi) is 4.60. The number of hydrogen-bond acceptors (Lipinski definition) is 4. The first-order valence-corrected chi connectivity index (χ1v) is 8.84. The largest absolute Gasteiger partial charge is 0.459 e. The smallest absolute Gasteiger partial charge is 0.344 e. The van der Waals surface area contributed by atoms with Gasteiger partial charge in [0.15, 0.2) is 6.61 Å². The van der Waals surface area contributed by atoms with E-state index in [4.69, 9.17) is 9.47 Å². The predicted octanol–water partition coefficient (Wildman–Crippen LogP) is 3.97. The van der Waals surface area contributed by atoms with Crippen LogP contribution in [-0.2, 0) is 19.1 Å². The second kappa shape index (κ2) is 5.78. The molecule has 2 aliphatic rings. The summed E-state index contributed by atoms with van der Waals surface area (Å²) in [6, 6.07) is 0. The highest BCUT2D eigenvalue weighted by molar-refractivity contribution is 5.79. The van der Waals surface area contributed by atoms with Gasteiger partial charge in [0, 0.05) is 5.92 Å². The second-order valence-electron chi connectivity index (χ2n) is 8.84. The molecular formula is C19H32O4. The molecule has 0 aromatic rings. The van der Waals surface area contributed by atoms with Crippen molar-refractivity contribution in [1.29, 1.82) is 0 Å². The number of carbonyl (C=O) groups excluding carboxylic acids is 2. The van der Waals surface area contributed by atoms with Crippen molar-refractivity contribution in [3.63, 3.8) is 0 Å². The molecule has 0 saturated heterocycles. The van der Waals surface area contributed by atoms with E-state index >= 15 is 0 Å². The van der Waals surface area contributed by atoms with Crippen molar-refractivity contribution < 1.29 is 19.1 Å². The lowest BCUT2D eigenvalue weighted by atomic mass is 9.67. The average molecular weight is 324 g/mol. The number of hydrogen-bond donors (Lipinski definition) is 0. The maximum atomic E-state index is 12.2. The standard InChI is InChI=1S/C19H32O4/c1-8-17(3,4)16(21)22-11-14(20)23-15-12(2)19(7)10-9-13(15)18(19,5)6/h12-13,15H,8-11H2,1-7H3. The lowest BCUT2D eigenvalue weighted by molar-refractivity contribution is -0.170. The first-order chi connectivity index (χ1) is 10.5. The van der Waals surface area contributed by atoms with Gasteiger partial charge in [-0.1, -0.05) is 34.6 Å². The third-order valence-corrected chi connectivity index (χ3v) is 7.29. The zero-order chi connectivity index (χ0) is 17.6. The number of fused-ring (bicyclic) bond motifs is 2. The van der Waals surface area contributed by atoms with Crippen LogP contribution in [0.15, 0.2) is 0 Å². The molecule has 0 radical (unpaired) electrons. The molecular weight excluding hydrogens is 292 g/mol. The molecule has 0 heterocycles. The summed E-state index contributed by atoms with van der Waals surface area (Å²) in [7, 11) is 0. The molecule has 132 valence electrons. The zero-order valence-corrected chi connectivity index (χ0v) is 15.7. The molecule has 0 spiro atoms. The Morgan fingerprint density at radius 1 is 1.22 bits per heavy atom. The van der Waals surface area contributed by atoms with Crippen molar-refractivity contribution in [2.45, 2.75) is 73.8 Å². The van der Waals surface area contributed by atoms with Gasteiger partial charge in [0.2, 0.25) is 0 Å². The van der Waals surface area contributed by atoms with Crippen LogP contribution in [0.4, 0.5) is 0 Å². The molecule has 0 amide bonds. The molecule has 23 heavy (non-hydrogen) atoms. The Morgan fingerprint density at radius 3 is 2.30 bits per heavy atom. The van der Waals surface area contributed by atoms with Gasteiger partial charge in [0.05, 0.1) is 5.41 Å². The minimum absolute atomic E-state index is 0.0610. The predicted molar refractivity (Wildman–Crippen MR) is 88.7 cm³/mol. The van der Waals surface area contributed by atoms with Crippen LogP contribution in [-0.4, -0.2) is 24.6 Å². The topological polar surface area (TPSA) is 52.6 Å². The highest BCUT2D eigenvalue weighted by Crippen LogP contribution is 2.68. The van der Waals surface area contributed by atoms with Crippen LogP contribution < -0.4 is 0 Å². The number of ether oxygens (including phenoxy) is 2. The maximum absolute atomic E-state index is 12.2. The molecule has 2 aliphatic carbocycles. The van der Waals surface area contributed by atoms with Gasteiger partial charge in [0.25, 0.3) is 0 Å². The number of carbonyl (C=O) groups is 2. The summed E-state index contributed by atoms with van der Waals surface area (Å²) < 4.78 is 10.9. The van der Waals surface area contributed by atoms with E-state index in [1.54, 1.807) is 0 Å². The lowest BCUT2D eigenvalue weighted by Gasteiger charge is -2.38. The van der Waals surface area contributed by atoms with E-state index in [0.717, 1.165) is 6.42 Å². The maximum Gasteiger partial charge on any atom is 0.344 e. The monoisotopic (exact) mass is 324 g/mol. The fraction of sp³-hybridized carbons (Fsp3) is 0.895. The van der Waals surface area contributed by atoms with Crippen LogP contribution in [0.5, 0.6) is 0 Å². The molecule has 0 aliphatic heterocycles. The number of esters is 2. The zero-order valence-electron chi connectivity index (χ0n) is 15.7. The van der Waals surface area contributed by atoms with Gasteiger partial charge in [-0.05, 0) is 49.9 Å². The molecule has 4 unspecified atom stereocenters. The summed E-state index contributed by atoms with van der Waals surface area (Å²) in [5.41, 5.74) is -0.169. The molecule has 4 atom stereocenters. The minimum atomic E-state index is -0.560. The first-order valence-electron chi connectivity index (χ1n) is 8.84. The van der Waals surface area contributed by atoms with Gasteiger partial charge in [-0.25, -0.2) is 4.79 Å². The Balaban J connectivity index is 1.94. The summed E-state index contributed by atoms with van der Waals surface area (Å²) in [6.07, 6.45) is 2.91. The van der Waals surface area contributed by atoms with E-state index in [1.165, 1.54) is 6.42 Å². The van der Waals surface area contributed by atoms with Crippen molar-refractivity contribution in [1.82, 2.24) is 0 Å². The molecule has 2 saturated carbocycles. The molecule has 0 N–H and O–H groups in total. The third-order valence-electron chi connectivity index (χ3n) is 7.29. The fourth-order valence-corrected chi connectivity index (χ4v) is 4.50. The van der Waals surface area contributed by atoms with Gasteiger partial charge in [-0.2, -0.15) is 0 Å². The van der Waals surface area contributed by atoms with Crippen LogP contribution in [0.3, 0.4) is 0 Å². The van der Waals surface area contributed by atoms with E-state index in [0.29, 0.717) is 18.3 Å². The van der Waals surface area contributed by atoms with Gasteiger partial charge >= 0.3 is 11.9 Å². The normalized spacial score (nSPS) is 35.2. The van der Waals surface area contributed by atoms with Crippen LogP contribution in [0.25, 0.3) is 0 Å². The molecule has 2 bridgehead atoms. The van der Waals surface area contributed by atoms with Crippen LogP contribution in [0.2, 0.25) is 0 Å². The fourth-order valence-electron chi connectivity index (χ4n) is 4.50. The van der Waals surface area contributed by atoms with Gasteiger partial charge in [-0.3, -0.25) is 4.79 Å². The van der Waals surface area contributed by atoms with Crippen LogP contribution in [0.1, 0.15) is 67.7 Å². The summed E-state index contributed by atoms with van der Waals surface area (Å²) in [4.78, 5) is 24.1. The van der Waals surface area contributed by atoms with E-state index in [-0.39, 0.29) is 29.5 Å². The Morgan fingerprint density at radius 2 is 1.83 bits per heavy atom. The second-order valence-corrected chi connectivity index (χ2v) is 8.84. The quantitative estimate of drug-likeness (QED) is 0.718. The summed E-state index contributed by atoms with van der Waals surface area (Å²) in [5, 5.41) is 0. The molecule has 2 fully saturated rings. The van der Waals surface area contributed by atoms with E-state index in [1.807, 2.05) is 20.8 Å². The molecule has 0 aromatic heterocycles. The molecule has 4 heteroatoms. The Bertz CT molecular complexity index is 494. The Labute approximate surface area is 140 Å². The van der Waals surface area contributed by atoms with E-state index < -0.39 is 11.4 Å². The van der Waals surface area contributed by atoms with Crippen molar-refractivity contribution in [2.24, 2.45) is 28.1 Å². The van der Waals surface area contributed by atoms with Gasteiger partial charge < -0.3 is 9.47 Å².